The van der Waals surface area contributed by atoms with Crippen LogP contribution < -0.4 is 16.6 Å². The molecule has 1 aromatic carbocycles. The lowest BCUT2D eigenvalue weighted by atomic mass is 9.90. The third-order valence-corrected chi connectivity index (χ3v) is 8.37. The second kappa shape index (κ2) is 10.7. The molecule has 1 saturated carbocycles. The van der Waals surface area contributed by atoms with Crippen LogP contribution in [0.15, 0.2) is 46.1 Å². The maximum absolute atomic E-state index is 14.1. The average molecular weight is 529 g/mol. The van der Waals surface area contributed by atoms with Gasteiger partial charge in [-0.25, -0.2) is 14.2 Å². The number of aliphatic hydroxyl groups excluding tert-OH is 1. The molecule has 37 heavy (non-hydrogen) atoms. The average Bonchev–Trinajstić information content (AvgIpc) is 2.90. The van der Waals surface area contributed by atoms with Crippen LogP contribution in [0.4, 0.5) is 4.39 Å². The molecule has 1 aliphatic carbocycles. The van der Waals surface area contributed by atoms with E-state index in [1.165, 1.54) is 16.7 Å². The second-order valence-electron chi connectivity index (χ2n) is 9.71. The number of nitrogens with zero attached hydrogens (tertiary/aromatic N) is 3. The van der Waals surface area contributed by atoms with E-state index in [4.69, 9.17) is 0 Å². The Morgan fingerprint density at radius 2 is 1.76 bits per heavy atom. The summed E-state index contributed by atoms with van der Waals surface area (Å²) in [5.41, 5.74) is -0.441. The molecule has 9 nitrogen and oxygen atoms in total. The molecule has 3 aromatic rings. The van der Waals surface area contributed by atoms with Crippen molar-refractivity contribution in [2.75, 3.05) is 11.5 Å². The molecule has 1 saturated heterocycles. The molecule has 2 fully saturated rings. The number of hydrogen-bond acceptors (Lipinski definition) is 7. The zero-order valence-corrected chi connectivity index (χ0v) is 21.0. The van der Waals surface area contributed by atoms with Crippen molar-refractivity contribution in [1.29, 1.82) is 0 Å². The van der Waals surface area contributed by atoms with Crippen molar-refractivity contribution >= 4 is 28.7 Å². The number of aromatic hydroxyl groups is 1. The van der Waals surface area contributed by atoms with E-state index in [2.05, 4.69) is 10.3 Å². The minimum atomic E-state index is -1.42. The third kappa shape index (κ3) is 5.15. The zero-order valence-electron chi connectivity index (χ0n) is 20.2. The van der Waals surface area contributed by atoms with Crippen molar-refractivity contribution < 1.29 is 19.4 Å². The number of carbonyl (C=O) groups is 1. The van der Waals surface area contributed by atoms with Crippen molar-refractivity contribution in [3.8, 4) is 5.75 Å². The quantitative estimate of drug-likeness (QED) is 0.465. The van der Waals surface area contributed by atoms with Crippen LogP contribution in [-0.4, -0.2) is 47.8 Å². The van der Waals surface area contributed by atoms with Crippen molar-refractivity contribution in [3.05, 3.63) is 68.7 Å². The molecule has 1 amide bonds. The monoisotopic (exact) mass is 528 g/mol. The summed E-state index contributed by atoms with van der Waals surface area (Å²) in [6, 6.07) is 6.33. The van der Waals surface area contributed by atoms with E-state index in [-0.39, 0.29) is 40.5 Å². The summed E-state index contributed by atoms with van der Waals surface area (Å²) in [4.78, 5) is 43.8. The van der Waals surface area contributed by atoms with Gasteiger partial charge in [0.25, 0.3) is 11.5 Å². The lowest BCUT2D eigenvalue weighted by molar-refractivity contribution is -0.130. The van der Waals surface area contributed by atoms with E-state index in [9.17, 15) is 29.0 Å². The van der Waals surface area contributed by atoms with Gasteiger partial charge in [0.2, 0.25) is 0 Å². The number of phenols is 1. The van der Waals surface area contributed by atoms with Gasteiger partial charge < -0.3 is 15.5 Å². The SMILES string of the molecule is O=C(NC1CCC(n2c(=O)c3cc(F)cnc3n(C3CCSCC3)c2=O)CC1)C(O)c1cccc(O)c1. The molecule has 5 rings (SSSR count). The topological polar surface area (TPSA) is 126 Å². The van der Waals surface area contributed by atoms with Crippen molar-refractivity contribution in [2.24, 2.45) is 0 Å². The standard InChI is InChI=1S/C26H29FN4O5S/c27-16-13-21-23(28-14-16)30(19-8-10-37-11-9-19)26(36)31(25(21)35)18-6-4-17(5-7-18)29-24(34)22(33)15-2-1-3-20(32)12-15/h1-3,12-14,17-19,22,32-33H,4-11H2,(H,29,34). The fraction of sp³-hybridized carbons (Fsp3) is 0.462. The van der Waals surface area contributed by atoms with Crippen molar-refractivity contribution in [3.63, 3.8) is 0 Å². The maximum atomic E-state index is 14.1. The first-order valence-electron chi connectivity index (χ1n) is 12.5. The maximum Gasteiger partial charge on any atom is 0.333 e. The number of benzene rings is 1. The number of rotatable bonds is 5. The predicted molar refractivity (Wildman–Crippen MR) is 138 cm³/mol. The summed E-state index contributed by atoms with van der Waals surface area (Å²) in [5, 5.41) is 22.9. The predicted octanol–water partition coefficient (Wildman–Crippen LogP) is 2.80. The van der Waals surface area contributed by atoms with Gasteiger partial charge in [0.05, 0.1) is 11.6 Å². The van der Waals surface area contributed by atoms with Gasteiger partial charge >= 0.3 is 5.69 Å². The zero-order chi connectivity index (χ0) is 26.1. The molecular formula is C26H29FN4O5S. The van der Waals surface area contributed by atoms with Gasteiger partial charge in [-0.2, -0.15) is 11.8 Å². The van der Waals surface area contributed by atoms with E-state index in [1.807, 2.05) is 11.8 Å². The van der Waals surface area contributed by atoms with Gasteiger partial charge in [0.15, 0.2) is 6.10 Å². The number of fused-ring (bicyclic) bond motifs is 1. The molecule has 3 N–H and O–H groups in total. The Morgan fingerprint density at radius 1 is 1.05 bits per heavy atom. The Kier molecular flexibility index (Phi) is 7.34. The first-order chi connectivity index (χ1) is 17.8. The Labute approximate surface area is 216 Å². The lowest BCUT2D eigenvalue weighted by Gasteiger charge is -2.32. The normalized spacial score (nSPS) is 21.6. The van der Waals surface area contributed by atoms with E-state index in [1.54, 1.807) is 16.7 Å². The number of hydrogen-bond donors (Lipinski definition) is 3. The van der Waals surface area contributed by atoms with Gasteiger partial charge in [-0.15, -0.1) is 0 Å². The largest absolute Gasteiger partial charge is 0.508 e. The van der Waals surface area contributed by atoms with E-state index in [0.29, 0.717) is 25.7 Å². The molecule has 11 heteroatoms. The lowest BCUT2D eigenvalue weighted by Crippen LogP contribution is -2.47. The number of halogens is 1. The van der Waals surface area contributed by atoms with Crippen LogP contribution in [0.25, 0.3) is 11.0 Å². The van der Waals surface area contributed by atoms with Crippen LogP contribution in [0.1, 0.15) is 62.3 Å². The number of amides is 1. The highest BCUT2D eigenvalue weighted by molar-refractivity contribution is 7.99. The molecule has 3 heterocycles. The molecule has 1 atom stereocenters. The van der Waals surface area contributed by atoms with Gasteiger partial charge in [-0.05, 0) is 73.8 Å². The summed E-state index contributed by atoms with van der Waals surface area (Å²) >= 11 is 1.82. The fourth-order valence-electron chi connectivity index (χ4n) is 5.40. The molecule has 1 unspecified atom stereocenters. The smallest absolute Gasteiger partial charge is 0.333 e. The van der Waals surface area contributed by atoms with Gasteiger partial charge in [-0.1, -0.05) is 12.1 Å². The summed E-state index contributed by atoms with van der Waals surface area (Å²) in [6.07, 6.45) is 3.13. The third-order valence-electron chi connectivity index (χ3n) is 7.32. The van der Waals surface area contributed by atoms with Crippen LogP contribution in [0.3, 0.4) is 0 Å². The number of aromatic nitrogens is 3. The van der Waals surface area contributed by atoms with E-state index < -0.39 is 29.1 Å². The number of thioether (sulfide) groups is 1. The van der Waals surface area contributed by atoms with E-state index in [0.717, 1.165) is 36.6 Å². The first-order valence-corrected chi connectivity index (χ1v) is 13.7. The minimum Gasteiger partial charge on any atom is -0.508 e. The molecule has 2 aromatic heterocycles. The van der Waals surface area contributed by atoms with Gasteiger partial charge in [-0.3, -0.25) is 18.7 Å². The Bertz CT molecular complexity index is 1430. The highest BCUT2D eigenvalue weighted by Gasteiger charge is 2.30. The highest BCUT2D eigenvalue weighted by Crippen LogP contribution is 2.30. The van der Waals surface area contributed by atoms with Crippen LogP contribution in [-0.2, 0) is 4.79 Å². The molecule has 0 spiro atoms. The summed E-state index contributed by atoms with van der Waals surface area (Å²) < 4.78 is 16.9. The molecule has 196 valence electrons. The number of carbonyl (C=O) groups excluding carboxylic acids is 1. The first kappa shape index (κ1) is 25.5. The van der Waals surface area contributed by atoms with Crippen LogP contribution in [0.2, 0.25) is 0 Å². The summed E-state index contributed by atoms with van der Waals surface area (Å²) in [5.74, 6) is 0.558. The van der Waals surface area contributed by atoms with E-state index >= 15 is 0 Å². The minimum absolute atomic E-state index is 0.0431. The van der Waals surface area contributed by atoms with Crippen molar-refractivity contribution in [2.45, 2.75) is 62.8 Å². The second-order valence-corrected chi connectivity index (χ2v) is 10.9. The van der Waals surface area contributed by atoms with Gasteiger partial charge in [0.1, 0.15) is 17.2 Å². The van der Waals surface area contributed by atoms with Crippen molar-refractivity contribution in [1.82, 2.24) is 19.4 Å². The molecule has 0 bridgehead atoms. The molecule has 2 aliphatic rings. The Morgan fingerprint density at radius 3 is 2.46 bits per heavy atom. The number of aliphatic hydroxyl groups is 1. The summed E-state index contributed by atoms with van der Waals surface area (Å²) in [7, 11) is 0. The van der Waals surface area contributed by atoms with Crippen LogP contribution in [0, 0.1) is 5.82 Å². The molecular weight excluding hydrogens is 499 g/mol. The molecule has 1 aliphatic heterocycles. The fourth-order valence-corrected chi connectivity index (χ4v) is 6.49. The molecule has 0 radical (unpaired) electrons. The van der Waals surface area contributed by atoms with Gasteiger partial charge in [0, 0.05) is 18.1 Å². The Balaban J connectivity index is 1.37. The highest BCUT2D eigenvalue weighted by atomic mass is 32.2. The number of pyridine rings is 1. The Hall–Kier alpha value is -3.18. The van der Waals surface area contributed by atoms with Crippen LogP contribution in [0.5, 0.6) is 5.75 Å². The number of phenolic OH excluding ortho intramolecular Hbond substituents is 1. The number of nitrogens with one attached hydrogen (secondary N) is 1. The van der Waals surface area contributed by atoms with Crippen LogP contribution >= 0.6 is 11.8 Å². The summed E-state index contributed by atoms with van der Waals surface area (Å²) in [6.45, 7) is 0.